The molecule has 0 unspecified atom stereocenters. The van der Waals surface area contributed by atoms with Crippen LogP contribution in [0, 0.1) is 16.7 Å². The zero-order chi connectivity index (χ0) is 22.6. The zero-order valence-electron chi connectivity index (χ0n) is 17.0. The molecular formula is C23H20F3N3OS. The lowest BCUT2D eigenvalue weighted by molar-refractivity contribution is -0.137. The van der Waals surface area contributed by atoms with Crippen LogP contribution in [0.25, 0.3) is 0 Å². The number of benzene rings is 1. The van der Waals surface area contributed by atoms with Gasteiger partial charge in [-0.05, 0) is 52.4 Å². The highest BCUT2D eigenvalue weighted by atomic mass is 32.1. The van der Waals surface area contributed by atoms with Gasteiger partial charge < -0.3 is 5.73 Å². The number of nitrogens with zero attached hydrogens (tertiary/aromatic N) is 2. The Morgan fingerprint density at radius 2 is 2.00 bits per heavy atom. The molecule has 0 saturated heterocycles. The first kappa shape index (κ1) is 21.2. The Hall–Kier alpha value is -3.05. The lowest BCUT2D eigenvalue weighted by atomic mass is 9.69. The van der Waals surface area contributed by atoms with Crippen LogP contribution in [0.3, 0.4) is 0 Å². The smallest absolute Gasteiger partial charge is 0.384 e. The highest BCUT2D eigenvalue weighted by molar-refractivity contribution is 7.08. The third-order valence-corrected chi connectivity index (χ3v) is 6.39. The topological polar surface area (TPSA) is 70.1 Å². The van der Waals surface area contributed by atoms with Crippen molar-refractivity contribution in [2.24, 2.45) is 11.1 Å². The van der Waals surface area contributed by atoms with E-state index in [2.05, 4.69) is 6.07 Å². The molecule has 2 aromatic rings. The van der Waals surface area contributed by atoms with Crippen molar-refractivity contribution >= 4 is 22.8 Å². The van der Waals surface area contributed by atoms with Crippen LogP contribution in [-0.4, -0.2) is 5.78 Å². The average molecular weight is 443 g/mol. The molecule has 1 atom stereocenters. The van der Waals surface area contributed by atoms with E-state index < -0.39 is 17.7 Å². The van der Waals surface area contributed by atoms with Gasteiger partial charge in [0.1, 0.15) is 5.82 Å². The summed E-state index contributed by atoms with van der Waals surface area (Å²) in [5.74, 6) is -0.668. The third kappa shape index (κ3) is 3.63. The highest BCUT2D eigenvalue weighted by Gasteiger charge is 2.45. The van der Waals surface area contributed by atoms with Gasteiger partial charge in [0.25, 0.3) is 0 Å². The van der Waals surface area contributed by atoms with Crippen molar-refractivity contribution < 1.29 is 18.0 Å². The summed E-state index contributed by atoms with van der Waals surface area (Å²) in [4.78, 5) is 14.8. The van der Waals surface area contributed by atoms with Crippen LogP contribution < -0.4 is 10.6 Å². The predicted octanol–water partition coefficient (Wildman–Crippen LogP) is 5.71. The van der Waals surface area contributed by atoms with Gasteiger partial charge >= 0.3 is 6.18 Å². The van der Waals surface area contributed by atoms with Crippen molar-refractivity contribution in [3.8, 4) is 6.07 Å². The van der Waals surface area contributed by atoms with Crippen molar-refractivity contribution in [1.82, 2.24) is 0 Å². The van der Waals surface area contributed by atoms with E-state index >= 15 is 0 Å². The number of nitrogens with two attached hydrogens (primary N) is 1. The Morgan fingerprint density at radius 3 is 2.61 bits per heavy atom. The summed E-state index contributed by atoms with van der Waals surface area (Å²) in [5.41, 5.74) is 7.36. The van der Waals surface area contributed by atoms with Crippen molar-refractivity contribution in [3.63, 3.8) is 0 Å². The lowest BCUT2D eigenvalue weighted by Gasteiger charge is -2.43. The van der Waals surface area contributed by atoms with Crippen LogP contribution in [-0.2, 0) is 11.0 Å². The molecule has 0 spiro atoms. The summed E-state index contributed by atoms with van der Waals surface area (Å²) in [6.07, 6.45) is -3.79. The van der Waals surface area contributed by atoms with E-state index in [0.29, 0.717) is 24.1 Å². The van der Waals surface area contributed by atoms with Crippen LogP contribution in [0.5, 0.6) is 0 Å². The number of halogens is 3. The number of carbonyl (C=O) groups is 1. The van der Waals surface area contributed by atoms with Crippen LogP contribution in [0.2, 0.25) is 0 Å². The van der Waals surface area contributed by atoms with Gasteiger partial charge in [-0.3, -0.25) is 9.69 Å². The average Bonchev–Trinajstić information content (AvgIpc) is 3.20. The fourth-order valence-electron chi connectivity index (χ4n) is 4.40. The van der Waals surface area contributed by atoms with E-state index in [4.69, 9.17) is 5.73 Å². The molecule has 2 N–H and O–H groups in total. The molecular weight excluding hydrogens is 423 g/mol. The minimum atomic E-state index is -4.53. The summed E-state index contributed by atoms with van der Waals surface area (Å²) < 4.78 is 40.1. The van der Waals surface area contributed by atoms with Gasteiger partial charge in [-0.2, -0.15) is 29.8 Å². The summed E-state index contributed by atoms with van der Waals surface area (Å²) in [5, 5.41) is 13.7. The number of thiophene rings is 1. The molecule has 8 heteroatoms. The van der Waals surface area contributed by atoms with Crippen LogP contribution >= 0.6 is 11.3 Å². The number of anilines is 1. The second kappa shape index (κ2) is 7.27. The van der Waals surface area contributed by atoms with E-state index in [9.17, 15) is 23.2 Å². The maximum Gasteiger partial charge on any atom is 0.416 e. The first-order chi connectivity index (χ1) is 14.5. The molecule has 4 rings (SSSR count). The molecule has 0 amide bonds. The standard InChI is InChI=1S/C23H20F3N3OS/c1-22(2)9-17-20(18(30)10-22)19(13-6-7-31-12-13)16(11-27)21(28)29(17)15-5-3-4-14(8-15)23(24,25)26/h3-8,12,19H,9-10,28H2,1-2H3/t19-/m0/s1. The van der Waals surface area contributed by atoms with Crippen molar-refractivity contribution in [3.05, 3.63) is 74.9 Å². The Bertz CT molecular complexity index is 1150. The molecule has 0 fully saturated rings. The minimum absolute atomic E-state index is 0.0577. The van der Waals surface area contributed by atoms with E-state index in [0.717, 1.165) is 17.7 Å². The Morgan fingerprint density at radius 1 is 1.26 bits per heavy atom. The number of alkyl halides is 3. The molecule has 0 radical (unpaired) electrons. The number of ketones is 1. The Labute approximate surface area is 182 Å². The first-order valence-electron chi connectivity index (χ1n) is 9.69. The molecule has 1 aromatic heterocycles. The number of hydrogen-bond donors (Lipinski definition) is 1. The molecule has 160 valence electrons. The van der Waals surface area contributed by atoms with Gasteiger partial charge in [0, 0.05) is 23.4 Å². The van der Waals surface area contributed by atoms with Gasteiger partial charge in [0.05, 0.1) is 23.1 Å². The van der Waals surface area contributed by atoms with E-state index in [-0.39, 0.29) is 28.3 Å². The SMILES string of the molecule is CC1(C)CC(=O)C2=C(C1)N(c1cccc(C(F)(F)F)c1)C(N)=C(C#N)[C@@H]2c1ccsc1. The number of rotatable bonds is 2. The Kier molecular flexibility index (Phi) is 4.97. The molecule has 2 heterocycles. The van der Waals surface area contributed by atoms with Crippen molar-refractivity contribution in [2.45, 2.75) is 38.8 Å². The normalized spacial score (nSPS) is 21.2. The van der Waals surface area contributed by atoms with E-state index in [1.165, 1.54) is 28.4 Å². The molecule has 1 aliphatic heterocycles. The molecule has 4 nitrogen and oxygen atoms in total. The number of nitriles is 1. The second-order valence-corrected chi connectivity index (χ2v) is 9.37. The monoisotopic (exact) mass is 443 g/mol. The third-order valence-electron chi connectivity index (χ3n) is 5.69. The second-order valence-electron chi connectivity index (χ2n) is 8.59. The molecule has 1 aromatic carbocycles. The molecule has 1 aliphatic carbocycles. The summed E-state index contributed by atoms with van der Waals surface area (Å²) in [6.45, 7) is 3.89. The fraction of sp³-hybridized carbons (Fsp3) is 0.304. The minimum Gasteiger partial charge on any atom is -0.384 e. The maximum absolute atomic E-state index is 13.4. The summed E-state index contributed by atoms with van der Waals surface area (Å²) in [7, 11) is 0. The molecule has 2 aliphatic rings. The van der Waals surface area contributed by atoms with Gasteiger partial charge in [-0.1, -0.05) is 19.9 Å². The van der Waals surface area contributed by atoms with Crippen LogP contribution in [0.15, 0.2) is 63.8 Å². The largest absolute Gasteiger partial charge is 0.416 e. The van der Waals surface area contributed by atoms with Crippen molar-refractivity contribution in [1.29, 1.82) is 5.26 Å². The quantitative estimate of drug-likeness (QED) is 0.646. The molecule has 31 heavy (non-hydrogen) atoms. The summed E-state index contributed by atoms with van der Waals surface area (Å²) >= 11 is 1.44. The molecule has 0 bridgehead atoms. The van der Waals surface area contributed by atoms with Gasteiger partial charge in [-0.15, -0.1) is 0 Å². The van der Waals surface area contributed by atoms with Gasteiger partial charge in [0.15, 0.2) is 5.78 Å². The first-order valence-corrected chi connectivity index (χ1v) is 10.6. The Balaban J connectivity index is 1.98. The number of hydrogen-bond acceptors (Lipinski definition) is 5. The zero-order valence-corrected chi connectivity index (χ0v) is 17.8. The number of allylic oxidation sites excluding steroid dienone is 3. The fourth-order valence-corrected chi connectivity index (χ4v) is 5.08. The summed E-state index contributed by atoms with van der Waals surface area (Å²) in [6, 6.07) is 8.77. The predicted molar refractivity (Wildman–Crippen MR) is 113 cm³/mol. The van der Waals surface area contributed by atoms with Crippen molar-refractivity contribution in [2.75, 3.05) is 4.90 Å². The van der Waals surface area contributed by atoms with Gasteiger partial charge in [0.2, 0.25) is 0 Å². The highest BCUT2D eigenvalue weighted by Crippen LogP contribution is 2.50. The van der Waals surface area contributed by atoms with Gasteiger partial charge in [-0.25, -0.2) is 0 Å². The van der Waals surface area contributed by atoms with Crippen LogP contribution in [0.1, 0.15) is 43.7 Å². The van der Waals surface area contributed by atoms with Crippen LogP contribution in [0.4, 0.5) is 18.9 Å². The van der Waals surface area contributed by atoms with E-state index in [1.807, 2.05) is 30.7 Å². The van der Waals surface area contributed by atoms with E-state index in [1.54, 1.807) is 0 Å². The maximum atomic E-state index is 13.4. The number of Topliss-reactive ketones (excluding diaryl/α,β-unsaturated/α-hetero) is 1. The lowest BCUT2D eigenvalue weighted by Crippen LogP contribution is -2.42. The number of carbonyl (C=O) groups excluding carboxylic acids is 1. The molecule has 0 saturated carbocycles.